The van der Waals surface area contributed by atoms with Crippen molar-refractivity contribution in [1.29, 1.82) is 0 Å². The van der Waals surface area contributed by atoms with Crippen LogP contribution in [-0.4, -0.2) is 25.2 Å². The molecule has 4 heteroatoms. The van der Waals surface area contributed by atoms with E-state index in [1.54, 1.807) is 6.07 Å². The molecule has 1 unspecified atom stereocenters. The van der Waals surface area contributed by atoms with Crippen LogP contribution < -0.4 is 10.2 Å². The van der Waals surface area contributed by atoms with Crippen LogP contribution in [0.5, 0.6) is 0 Å². The Kier molecular flexibility index (Phi) is 3.20. The fraction of sp³-hybridized carbons (Fsp3) is 0.571. The van der Waals surface area contributed by atoms with Crippen LogP contribution in [0.1, 0.15) is 25.7 Å². The molecule has 0 spiro atoms. The second-order valence-corrected chi connectivity index (χ2v) is 5.32. The van der Waals surface area contributed by atoms with Crippen molar-refractivity contribution in [2.75, 3.05) is 18.0 Å². The SMILES string of the molecule is Fc1ccc(N2CCCC(NC3CC3)C2)cc1F. The Morgan fingerprint density at radius 1 is 1.06 bits per heavy atom. The summed E-state index contributed by atoms with van der Waals surface area (Å²) in [6.45, 7) is 1.81. The summed E-state index contributed by atoms with van der Waals surface area (Å²) in [6, 6.07) is 5.36. The highest BCUT2D eigenvalue weighted by molar-refractivity contribution is 5.47. The number of hydrogen-bond acceptors (Lipinski definition) is 2. The average molecular weight is 252 g/mol. The van der Waals surface area contributed by atoms with E-state index in [9.17, 15) is 8.78 Å². The molecule has 1 heterocycles. The van der Waals surface area contributed by atoms with Crippen molar-refractivity contribution in [2.45, 2.75) is 37.8 Å². The quantitative estimate of drug-likeness (QED) is 0.889. The normalized spacial score (nSPS) is 24.3. The highest BCUT2D eigenvalue weighted by atomic mass is 19.2. The lowest BCUT2D eigenvalue weighted by atomic mass is 10.0. The zero-order valence-corrected chi connectivity index (χ0v) is 10.3. The van der Waals surface area contributed by atoms with Gasteiger partial charge in [-0.15, -0.1) is 0 Å². The average Bonchev–Trinajstić information content (AvgIpc) is 3.17. The van der Waals surface area contributed by atoms with Crippen LogP contribution in [-0.2, 0) is 0 Å². The summed E-state index contributed by atoms with van der Waals surface area (Å²) in [7, 11) is 0. The number of piperidine rings is 1. The number of rotatable bonds is 3. The minimum Gasteiger partial charge on any atom is -0.370 e. The summed E-state index contributed by atoms with van der Waals surface area (Å²) in [5, 5.41) is 3.61. The Morgan fingerprint density at radius 2 is 1.89 bits per heavy atom. The second-order valence-electron chi connectivity index (χ2n) is 5.32. The first-order valence-corrected chi connectivity index (χ1v) is 6.68. The van der Waals surface area contributed by atoms with Gasteiger partial charge >= 0.3 is 0 Å². The van der Waals surface area contributed by atoms with Gasteiger partial charge in [-0.1, -0.05) is 0 Å². The van der Waals surface area contributed by atoms with Gasteiger partial charge in [-0.05, 0) is 37.8 Å². The summed E-state index contributed by atoms with van der Waals surface area (Å²) in [4.78, 5) is 2.14. The molecule has 1 aromatic rings. The van der Waals surface area contributed by atoms with Gasteiger partial charge in [0, 0.05) is 36.9 Å². The summed E-state index contributed by atoms with van der Waals surface area (Å²) < 4.78 is 26.2. The highest BCUT2D eigenvalue weighted by Gasteiger charge is 2.27. The van der Waals surface area contributed by atoms with E-state index in [-0.39, 0.29) is 0 Å². The topological polar surface area (TPSA) is 15.3 Å². The van der Waals surface area contributed by atoms with E-state index in [0.29, 0.717) is 12.1 Å². The zero-order chi connectivity index (χ0) is 12.5. The summed E-state index contributed by atoms with van der Waals surface area (Å²) >= 11 is 0. The van der Waals surface area contributed by atoms with E-state index in [4.69, 9.17) is 0 Å². The minimum absolute atomic E-state index is 0.486. The molecule has 1 saturated heterocycles. The first kappa shape index (κ1) is 11.9. The predicted molar refractivity (Wildman–Crippen MR) is 67.8 cm³/mol. The Morgan fingerprint density at radius 3 is 2.61 bits per heavy atom. The van der Waals surface area contributed by atoms with Gasteiger partial charge in [0.05, 0.1) is 0 Å². The molecule has 2 aliphatic rings. The largest absolute Gasteiger partial charge is 0.370 e. The van der Waals surface area contributed by atoms with Gasteiger partial charge in [0.1, 0.15) is 0 Å². The fourth-order valence-electron chi connectivity index (χ4n) is 2.61. The third-order valence-corrected chi connectivity index (χ3v) is 3.74. The van der Waals surface area contributed by atoms with Gasteiger partial charge in [0.25, 0.3) is 0 Å². The predicted octanol–water partition coefficient (Wildman–Crippen LogP) is 2.69. The Bertz CT molecular complexity index is 432. The van der Waals surface area contributed by atoms with Crippen LogP contribution in [0.2, 0.25) is 0 Å². The van der Waals surface area contributed by atoms with Gasteiger partial charge < -0.3 is 10.2 Å². The van der Waals surface area contributed by atoms with Crippen molar-refractivity contribution in [3.63, 3.8) is 0 Å². The number of halogens is 2. The van der Waals surface area contributed by atoms with E-state index < -0.39 is 11.6 Å². The van der Waals surface area contributed by atoms with Crippen LogP contribution in [0.3, 0.4) is 0 Å². The molecule has 3 rings (SSSR count). The third-order valence-electron chi connectivity index (χ3n) is 3.74. The van der Waals surface area contributed by atoms with E-state index in [1.165, 1.54) is 31.4 Å². The maximum atomic E-state index is 13.2. The molecule has 0 amide bonds. The molecular formula is C14H18F2N2. The molecule has 1 aliphatic heterocycles. The van der Waals surface area contributed by atoms with Crippen molar-refractivity contribution in [2.24, 2.45) is 0 Å². The van der Waals surface area contributed by atoms with Gasteiger partial charge in [0.2, 0.25) is 0 Å². The molecule has 1 aliphatic carbocycles. The Labute approximate surface area is 106 Å². The fourth-order valence-corrected chi connectivity index (χ4v) is 2.61. The molecule has 1 atom stereocenters. The molecule has 0 bridgehead atoms. The molecule has 1 saturated carbocycles. The first-order valence-electron chi connectivity index (χ1n) is 6.68. The van der Waals surface area contributed by atoms with Gasteiger partial charge in [-0.3, -0.25) is 0 Å². The molecular weight excluding hydrogens is 234 g/mol. The van der Waals surface area contributed by atoms with Gasteiger partial charge in [0.15, 0.2) is 11.6 Å². The van der Waals surface area contributed by atoms with E-state index in [1.807, 2.05) is 0 Å². The Hall–Kier alpha value is -1.16. The molecule has 2 fully saturated rings. The van der Waals surface area contributed by atoms with Crippen molar-refractivity contribution in [1.82, 2.24) is 5.32 Å². The van der Waals surface area contributed by atoms with Gasteiger partial charge in [-0.2, -0.15) is 0 Å². The smallest absolute Gasteiger partial charge is 0.160 e. The standard InChI is InChI=1S/C14H18F2N2/c15-13-6-5-12(8-14(13)16)18-7-1-2-11(9-18)17-10-3-4-10/h5-6,8,10-11,17H,1-4,7,9H2. The molecule has 0 radical (unpaired) electrons. The van der Waals surface area contributed by atoms with Crippen LogP contribution >= 0.6 is 0 Å². The lowest BCUT2D eigenvalue weighted by Gasteiger charge is -2.35. The van der Waals surface area contributed by atoms with Crippen molar-refractivity contribution >= 4 is 5.69 Å². The molecule has 0 aromatic heterocycles. The van der Waals surface area contributed by atoms with Crippen molar-refractivity contribution in [3.8, 4) is 0 Å². The zero-order valence-electron chi connectivity index (χ0n) is 10.3. The van der Waals surface area contributed by atoms with Gasteiger partial charge in [-0.25, -0.2) is 8.78 Å². The minimum atomic E-state index is -0.775. The van der Waals surface area contributed by atoms with E-state index in [2.05, 4.69) is 10.2 Å². The van der Waals surface area contributed by atoms with E-state index in [0.717, 1.165) is 25.2 Å². The van der Waals surface area contributed by atoms with E-state index >= 15 is 0 Å². The number of hydrogen-bond donors (Lipinski definition) is 1. The highest BCUT2D eigenvalue weighted by Crippen LogP contribution is 2.25. The maximum Gasteiger partial charge on any atom is 0.160 e. The van der Waals surface area contributed by atoms with Crippen molar-refractivity contribution < 1.29 is 8.78 Å². The van der Waals surface area contributed by atoms with Crippen LogP contribution in [0.15, 0.2) is 18.2 Å². The van der Waals surface area contributed by atoms with Crippen molar-refractivity contribution in [3.05, 3.63) is 29.8 Å². The third kappa shape index (κ3) is 2.64. The van der Waals surface area contributed by atoms with Crippen LogP contribution in [0.25, 0.3) is 0 Å². The summed E-state index contributed by atoms with van der Waals surface area (Å²) in [6.07, 6.45) is 4.84. The lowest BCUT2D eigenvalue weighted by molar-refractivity contribution is 0.419. The summed E-state index contributed by atoms with van der Waals surface area (Å²) in [5.41, 5.74) is 0.788. The number of nitrogens with one attached hydrogen (secondary N) is 1. The number of nitrogens with zero attached hydrogens (tertiary/aromatic N) is 1. The van der Waals surface area contributed by atoms with Crippen LogP contribution in [0, 0.1) is 11.6 Å². The maximum absolute atomic E-state index is 13.2. The lowest BCUT2D eigenvalue weighted by Crippen LogP contribution is -2.46. The van der Waals surface area contributed by atoms with Crippen LogP contribution in [0.4, 0.5) is 14.5 Å². The number of anilines is 1. The summed E-state index contributed by atoms with van der Waals surface area (Å²) in [5.74, 6) is -1.53. The number of benzene rings is 1. The first-order chi connectivity index (χ1) is 8.72. The molecule has 98 valence electrons. The molecule has 1 aromatic carbocycles. The second kappa shape index (κ2) is 4.84. The Balaban J connectivity index is 1.68. The molecule has 18 heavy (non-hydrogen) atoms. The molecule has 2 nitrogen and oxygen atoms in total. The molecule has 1 N–H and O–H groups in total. The monoisotopic (exact) mass is 252 g/mol.